The molecule has 0 aliphatic carbocycles. The van der Waals surface area contributed by atoms with Gasteiger partial charge < -0.3 is 9.84 Å². The summed E-state index contributed by atoms with van der Waals surface area (Å²) in [7, 11) is 1.13. The van der Waals surface area contributed by atoms with Crippen molar-refractivity contribution in [3.63, 3.8) is 0 Å². The number of hydrogen-bond donors (Lipinski definition) is 1. The molecule has 1 rings (SSSR count). The van der Waals surface area contributed by atoms with Gasteiger partial charge in [0.1, 0.15) is 11.3 Å². The molecule has 0 atom stereocenters. The summed E-state index contributed by atoms with van der Waals surface area (Å²) in [4.78, 5) is 10.7. The quantitative estimate of drug-likeness (QED) is 0.855. The van der Waals surface area contributed by atoms with E-state index >= 15 is 0 Å². The highest BCUT2D eigenvalue weighted by molar-refractivity contribution is 5.91. The van der Waals surface area contributed by atoms with Crippen molar-refractivity contribution in [2.24, 2.45) is 0 Å². The molecule has 0 radical (unpaired) electrons. The largest absolute Gasteiger partial charge is 0.496 e. The van der Waals surface area contributed by atoms with Gasteiger partial charge in [-0.3, -0.25) is 0 Å². The predicted octanol–water partition coefficient (Wildman–Crippen LogP) is 2.72. The van der Waals surface area contributed by atoms with E-state index in [-0.39, 0.29) is 16.9 Å². The summed E-state index contributed by atoms with van der Waals surface area (Å²) in [5.41, 5.74) is -1.41. The average molecular weight is 234 g/mol. The van der Waals surface area contributed by atoms with Gasteiger partial charge in [0.15, 0.2) is 0 Å². The van der Waals surface area contributed by atoms with Gasteiger partial charge >= 0.3 is 12.1 Å². The minimum absolute atomic E-state index is 0.227. The topological polar surface area (TPSA) is 46.5 Å². The molecule has 0 aromatic heterocycles. The van der Waals surface area contributed by atoms with E-state index in [2.05, 4.69) is 0 Å². The van der Waals surface area contributed by atoms with Gasteiger partial charge in [0.05, 0.1) is 12.7 Å². The smallest absolute Gasteiger partial charge is 0.416 e. The number of hydrogen-bond acceptors (Lipinski definition) is 2. The SMILES string of the molecule is COc1c(C(=O)O)ccc(C(F)(F)F)c1C. The Bertz CT molecular complexity index is 424. The van der Waals surface area contributed by atoms with Crippen LogP contribution in [0.5, 0.6) is 5.75 Å². The highest BCUT2D eigenvalue weighted by atomic mass is 19.4. The predicted molar refractivity (Wildman–Crippen MR) is 49.7 cm³/mol. The number of benzene rings is 1. The normalized spacial score (nSPS) is 11.3. The Kier molecular flexibility index (Phi) is 3.11. The summed E-state index contributed by atoms with van der Waals surface area (Å²) in [5.74, 6) is -1.59. The number of halogens is 3. The van der Waals surface area contributed by atoms with Crippen LogP contribution in [-0.2, 0) is 6.18 Å². The summed E-state index contributed by atoms with van der Waals surface area (Å²) in [6.45, 7) is 1.17. The third-order valence-electron chi connectivity index (χ3n) is 2.15. The minimum atomic E-state index is -4.52. The van der Waals surface area contributed by atoms with E-state index in [0.717, 1.165) is 19.2 Å². The molecule has 0 saturated heterocycles. The summed E-state index contributed by atoms with van der Waals surface area (Å²) in [5, 5.41) is 8.75. The molecule has 0 unspecified atom stereocenters. The first-order chi connectivity index (χ1) is 7.29. The fraction of sp³-hybridized carbons (Fsp3) is 0.300. The van der Waals surface area contributed by atoms with Gasteiger partial charge in [-0.25, -0.2) is 4.79 Å². The van der Waals surface area contributed by atoms with Gasteiger partial charge in [0, 0.05) is 5.56 Å². The lowest BCUT2D eigenvalue weighted by Gasteiger charge is -2.14. The van der Waals surface area contributed by atoms with Gasteiger partial charge in [-0.2, -0.15) is 13.2 Å². The van der Waals surface area contributed by atoms with Crippen LogP contribution in [0, 0.1) is 6.92 Å². The maximum atomic E-state index is 12.5. The van der Waals surface area contributed by atoms with E-state index in [1.54, 1.807) is 0 Å². The Morgan fingerprint density at radius 3 is 2.31 bits per heavy atom. The van der Waals surface area contributed by atoms with Crippen LogP contribution in [0.2, 0.25) is 0 Å². The van der Waals surface area contributed by atoms with Crippen LogP contribution < -0.4 is 4.74 Å². The molecule has 0 bridgehead atoms. The third kappa shape index (κ3) is 2.10. The van der Waals surface area contributed by atoms with E-state index in [9.17, 15) is 18.0 Å². The molecule has 1 aromatic carbocycles. The molecule has 88 valence electrons. The average Bonchev–Trinajstić information content (AvgIpc) is 2.14. The van der Waals surface area contributed by atoms with Crippen LogP contribution in [0.25, 0.3) is 0 Å². The number of carboxylic acids is 1. The number of methoxy groups -OCH3 is 1. The highest BCUT2D eigenvalue weighted by Crippen LogP contribution is 2.37. The Morgan fingerprint density at radius 1 is 1.38 bits per heavy atom. The number of ether oxygens (including phenoxy) is 1. The van der Waals surface area contributed by atoms with Gasteiger partial charge in [0.25, 0.3) is 0 Å². The second-order valence-corrected chi connectivity index (χ2v) is 3.12. The van der Waals surface area contributed by atoms with Crippen LogP contribution in [0.3, 0.4) is 0 Å². The minimum Gasteiger partial charge on any atom is -0.496 e. The number of alkyl halides is 3. The van der Waals surface area contributed by atoms with Gasteiger partial charge in [0.2, 0.25) is 0 Å². The lowest BCUT2D eigenvalue weighted by Crippen LogP contribution is -2.11. The molecule has 1 aromatic rings. The van der Waals surface area contributed by atoms with Crippen LogP contribution in [-0.4, -0.2) is 18.2 Å². The van der Waals surface area contributed by atoms with Crippen molar-refractivity contribution < 1.29 is 27.8 Å². The second kappa shape index (κ2) is 4.03. The third-order valence-corrected chi connectivity index (χ3v) is 2.15. The fourth-order valence-electron chi connectivity index (χ4n) is 1.43. The summed E-state index contributed by atoms with van der Waals surface area (Å²) in [6, 6.07) is 1.62. The summed E-state index contributed by atoms with van der Waals surface area (Å²) >= 11 is 0. The molecule has 16 heavy (non-hydrogen) atoms. The van der Waals surface area contributed by atoms with Gasteiger partial charge in [-0.05, 0) is 19.1 Å². The molecule has 6 heteroatoms. The van der Waals surface area contributed by atoms with Crippen molar-refractivity contribution in [1.29, 1.82) is 0 Å². The Hall–Kier alpha value is -1.72. The first-order valence-electron chi connectivity index (χ1n) is 4.27. The van der Waals surface area contributed by atoms with E-state index in [1.807, 2.05) is 0 Å². The summed E-state index contributed by atoms with van der Waals surface area (Å²) < 4.78 is 42.2. The first-order valence-corrected chi connectivity index (χ1v) is 4.27. The van der Waals surface area contributed by atoms with E-state index in [0.29, 0.717) is 0 Å². The van der Waals surface area contributed by atoms with Crippen LogP contribution in [0.1, 0.15) is 21.5 Å². The molecular formula is C10H9F3O3. The molecule has 0 fully saturated rings. The number of aromatic carboxylic acids is 1. The fourth-order valence-corrected chi connectivity index (χ4v) is 1.43. The Labute approximate surface area is 89.5 Å². The van der Waals surface area contributed by atoms with Crippen LogP contribution >= 0.6 is 0 Å². The Balaban J connectivity index is 3.46. The zero-order chi connectivity index (χ0) is 12.5. The van der Waals surface area contributed by atoms with Crippen LogP contribution in [0.15, 0.2) is 12.1 Å². The van der Waals surface area contributed by atoms with E-state index in [1.165, 1.54) is 6.92 Å². The zero-order valence-corrected chi connectivity index (χ0v) is 8.55. The molecular weight excluding hydrogens is 225 g/mol. The van der Waals surface area contributed by atoms with Gasteiger partial charge in [-0.1, -0.05) is 0 Å². The monoisotopic (exact) mass is 234 g/mol. The van der Waals surface area contributed by atoms with E-state index < -0.39 is 17.7 Å². The number of carboxylic acid groups (broad SMARTS) is 1. The van der Waals surface area contributed by atoms with Crippen molar-refractivity contribution in [2.45, 2.75) is 13.1 Å². The van der Waals surface area contributed by atoms with Crippen LogP contribution in [0.4, 0.5) is 13.2 Å². The molecule has 0 aliphatic rings. The lowest BCUT2D eigenvalue weighted by atomic mass is 10.0. The van der Waals surface area contributed by atoms with Crippen molar-refractivity contribution >= 4 is 5.97 Å². The zero-order valence-electron chi connectivity index (χ0n) is 8.55. The van der Waals surface area contributed by atoms with Crippen molar-refractivity contribution in [1.82, 2.24) is 0 Å². The lowest BCUT2D eigenvalue weighted by molar-refractivity contribution is -0.138. The van der Waals surface area contributed by atoms with E-state index in [4.69, 9.17) is 9.84 Å². The molecule has 0 amide bonds. The molecule has 0 saturated carbocycles. The molecule has 1 N–H and O–H groups in total. The number of rotatable bonds is 2. The molecule has 0 heterocycles. The number of carbonyl (C=O) groups is 1. The molecule has 3 nitrogen and oxygen atoms in total. The van der Waals surface area contributed by atoms with Crippen molar-refractivity contribution in [3.8, 4) is 5.75 Å². The summed E-state index contributed by atoms with van der Waals surface area (Å²) in [6.07, 6.45) is -4.52. The maximum Gasteiger partial charge on any atom is 0.416 e. The highest BCUT2D eigenvalue weighted by Gasteiger charge is 2.34. The maximum absolute atomic E-state index is 12.5. The van der Waals surface area contributed by atoms with Gasteiger partial charge in [-0.15, -0.1) is 0 Å². The second-order valence-electron chi connectivity index (χ2n) is 3.12. The van der Waals surface area contributed by atoms with Crippen molar-refractivity contribution in [3.05, 3.63) is 28.8 Å². The standard InChI is InChI=1S/C10H9F3O3/c1-5-7(10(11,12)13)4-3-6(9(14)15)8(5)16-2/h3-4H,1-2H3,(H,14,15). The Morgan fingerprint density at radius 2 is 1.94 bits per heavy atom. The first kappa shape index (κ1) is 12.4. The molecule has 0 spiro atoms. The van der Waals surface area contributed by atoms with Crippen molar-refractivity contribution in [2.75, 3.05) is 7.11 Å². The molecule has 0 aliphatic heterocycles.